The summed E-state index contributed by atoms with van der Waals surface area (Å²) >= 11 is 0.907. The number of Topliss-reactive ketones (excluding diaryl/α,β-unsaturated/α-hetero) is 1. The lowest BCUT2D eigenvalue weighted by Gasteiger charge is -2.24. The topological polar surface area (TPSA) is 134 Å². The first kappa shape index (κ1) is 32.3. The molecule has 1 amide bonds. The van der Waals surface area contributed by atoms with Crippen molar-refractivity contribution in [1.29, 1.82) is 0 Å². The van der Waals surface area contributed by atoms with E-state index < -0.39 is 29.5 Å². The molecule has 3 heterocycles. The summed E-state index contributed by atoms with van der Waals surface area (Å²) in [5.74, 6) is -1.20. The predicted molar refractivity (Wildman–Crippen MR) is 178 cm³/mol. The third kappa shape index (κ3) is 6.34. The molecule has 0 aliphatic carbocycles. The number of aromatic nitrogens is 1. The monoisotopic (exact) mass is 668 g/mol. The number of ether oxygens (including phenoxy) is 5. The third-order valence-corrected chi connectivity index (χ3v) is 8.73. The Morgan fingerprint density at radius 2 is 1.81 bits per heavy atom. The number of hydrogen-bond donors (Lipinski definition) is 1. The van der Waals surface area contributed by atoms with Crippen LogP contribution in [0.15, 0.2) is 85.0 Å². The molecule has 2 aliphatic rings. The molecule has 0 bridgehead atoms. The number of thiazole rings is 1. The van der Waals surface area contributed by atoms with E-state index in [2.05, 4.69) is 11.6 Å². The van der Waals surface area contributed by atoms with E-state index in [0.717, 1.165) is 16.9 Å². The van der Waals surface area contributed by atoms with Gasteiger partial charge in [0.2, 0.25) is 0 Å². The Balaban J connectivity index is 1.47. The summed E-state index contributed by atoms with van der Waals surface area (Å²) in [6, 6.07) is 18.3. The number of rotatable bonds is 11. The molecule has 1 fully saturated rings. The molecule has 0 spiro atoms. The molecule has 4 aromatic rings. The number of carbonyl (C=O) groups excluding carboxylic acids is 3. The number of fused-ring (bicyclic) bond motifs is 1. The lowest BCUT2D eigenvalue weighted by Crippen LogP contribution is -2.29. The Morgan fingerprint density at radius 3 is 2.56 bits per heavy atom. The van der Waals surface area contributed by atoms with Gasteiger partial charge in [0, 0.05) is 5.56 Å². The fraction of sp³-hybridized carbons (Fsp3) is 0.222. The first-order valence-corrected chi connectivity index (χ1v) is 16.0. The van der Waals surface area contributed by atoms with Crippen LogP contribution in [0, 0.1) is 6.92 Å². The van der Waals surface area contributed by atoms with E-state index in [0.29, 0.717) is 54.1 Å². The fourth-order valence-corrected chi connectivity index (χ4v) is 6.37. The number of aliphatic hydroxyl groups is 1. The zero-order chi connectivity index (χ0) is 33.8. The Kier molecular flexibility index (Phi) is 9.44. The molecule has 1 aromatic heterocycles. The first-order chi connectivity index (χ1) is 23.3. The highest BCUT2D eigenvalue weighted by atomic mass is 32.1. The van der Waals surface area contributed by atoms with Crippen molar-refractivity contribution in [3.63, 3.8) is 0 Å². The average Bonchev–Trinajstić information content (AvgIpc) is 3.62. The van der Waals surface area contributed by atoms with E-state index in [1.165, 1.54) is 11.0 Å². The predicted octanol–water partition coefficient (Wildman–Crippen LogP) is 6.17. The van der Waals surface area contributed by atoms with Gasteiger partial charge >= 0.3 is 11.9 Å². The summed E-state index contributed by atoms with van der Waals surface area (Å²) in [5.41, 5.74) is 1.78. The SMILES string of the molecule is C=CCOC(=O)c1sc(N2C(=O)C(=O)/C(=C(/O)c3ccc4c(c3)OCCO4)C2c2ccc(OCc3ccccc3)c(OCC)c2)nc1C. The number of amides is 1. The van der Waals surface area contributed by atoms with Gasteiger partial charge in [-0.2, -0.15) is 0 Å². The number of nitrogens with zero attached hydrogens (tertiary/aromatic N) is 2. The molecule has 3 aromatic carbocycles. The van der Waals surface area contributed by atoms with E-state index in [1.54, 1.807) is 43.3 Å². The van der Waals surface area contributed by atoms with Crippen molar-refractivity contribution in [1.82, 2.24) is 4.98 Å². The lowest BCUT2D eigenvalue weighted by molar-refractivity contribution is -0.132. The average molecular weight is 669 g/mol. The minimum Gasteiger partial charge on any atom is -0.507 e. The van der Waals surface area contributed by atoms with Crippen LogP contribution in [0.5, 0.6) is 23.0 Å². The zero-order valence-electron chi connectivity index (χ0n) is 26.3. The van der Waals surface area contributed by atoms with Crippen molar-refractivity contribution >= 4 is 39.9 Å². The second kappa shape index (κ2) is 14.0. The highest BCUT2D eigenvalue weighted by molar-refractivity contribution is 7.17. The van der Waals surface area contributed by atoms with Crippen molar-refractivity contribution in [3.8, 4) is 23.0 Å². The summed E-state index contributed by atoms with van der Waals surface area (Å²) in [4.78, 5) is 46.3. The van der Waals surface area contributed by atoms with Crippen LogP contribution in [0.3, 0.4) is 0 Å². The van der Waals surface area contributed by atoms with Crippen molar-refractivity contribution in [3.05, 3.63) is 112 Å². The Hall–Kier alpha value is -5.62. The van der Waals surface area contributed by atoms with Gasteiger partial charge in [-0.1, -0.05) is 60.4 Å². The molecule has 6 rings (SSSR count). The summed E-state index contributed by atoms with van der Waals surface area (Å²) in [6.07, 6.45) is 1.44. The van der Waals surface area contributed by atoms with Crippen molar-refractivity contribution in [2.45, 2.75) is 26.5 Å². The van der Waals surface area contributed by atoms with E-state index in [9.17, 15) is 19.5 Å². The lowest BCUT2D eigenvalue weighted by atomic mass is 9.95. The highest BCUT2D eigenvalue weighted by Gasteiger charge is 2.49. The maximum atomic E-state index is 13.8. The Bertz CT molecular complexity index is 1920. The minimum atomic E-state index is -1.15. The number of aryl methyl sites for hydroxylation is 1. The van der Waals surface area contributed by atoms with Crippen molar-refractivity contribution in [2.75, 3.05) is 31.3 Å². The van der Waals surface area contributed by atoms with Gasteiger partial charge in [0.1, 0.15) is 37.1 Å². The molecule has 1 N–H and O–H groups in total. The van der Waals surface area contributed by atoms with E-state index in [1.807, 2.05) is 37.3 Å². The zero-order valence-corrected chi connectivity index (χ0v) is 27.1. The summed E-state index contributed by atoms with van der Waals surface area (Å²) in [7, 11) is 0. The largest absolute Gasteiger partial charge is 0.507 e. The number of anilines is 1. The molecule has 1 saturated heterocycles. The number of benzene rings is 3. The molecular formula is C36H32N2O9S. The van der Waals surface area contributed by atoms with Gasteiger partial charge in [0.15, 0.2) is 28.1 Å². The van der Waals surface area contributed by atoms with Gasteiger partial charge in [0.05, 0.1) is 23.9 Å². The van der Waals surface area contributed by atoms with E-state index in [-0.39, 0.29) is 34.4 Å². The molecule has 0 radical (unpaired) electrons. The van der Waals surface area contributed by atoms with Crippen molar-refractivity contribution in [2.24, 2.45) is 0 Å². The standard InChI is InChI=1S/C36H32N2O9S/c1-4-15-46-35(42)33-21(3)37-36(48-33)38-30(23-11-13-26(27(18-23)43-5-2)47-20-22-9-7-6-8-10-22)29(32(40)34(38)41)31(39)24-12-14-25-28(19-24)45-17-16-44-25/h4,6-14,18-19,30,39H,1,5,15-17,20H2,2-3H3/b31-29+. The second-order valence-electron chi connectivity index (χ2n) is 10.7. The maximum absolute atomic E-state index is 13.8. The van der Waals surface area contributed by atoms with Crippen LogP contribution in [0.1, 0.15) is 45.0 Å². The number of esters is 1. The molecule has 48 heavy (non-hydrogen) atoms. The normalized spacial score (nSPS) is 16.5. The number of hydrogen-bond acceptors (Lipinski definition) is 11. The molecule has 1 atom stereocenters. The van der Waals surface area contributed by atoms with Crippen LogP contribution < -0.4 is 23.8 Å². The first-order valence-electron chi connectivity index (χ1n) is 15.2. The van der Waals surface area contributed by atoms with Gasteiger partial charge in [0.25, 0.3) is 5.78 Å². The molecule has 246 valence electrons. The van der Waals surface area contributed by atoms with Gasteiger partial charge in [-0.15, -0.1) is 0 Å². The van der Waals surface area contributed by atoms with Crippen LogP contribution in [0.2, 0.25) is 0 Å². The van der Waals surface area contributed by atoms with Crippen molar-refractivity contribution < 1.29 is 43.2 Å². The number of carbonyl (C=O) groups is 3. The van der Waals surface area contributed by atoms with Crippen LogP contribution in [-0.4, -0.2) is 54.2 Å². The molecule has 0 saturated carbocycles. The van der Waals surface area contributed by atoms with Crippen LogP contribution in [-0.2, 0) is 20.9 Å². The van der Waals surface area contributed by atoms with E-state index in [4.69, 9.17) is 23.7 Å². The molecule has 1 unspecified atom stereocenters. The Labute approximate surface area is 280 Å². The number of aliphatic hydroxyl groups excluding tert-OH is 1. The molecule has 12 heteroatoms. The van der Waals surface area contributed by atoms with Gasteiger partial charge < -0.3 is 28.8 Å². The van der Waals surface area contributed by atoms with E-state index >= 15 is 0 Å². The quantitative estimate of drug-likeness (QED) is 0.0650. The molecule has 11 nitrogen and oxygen atoms in total. The summed E-state index contributed by atoms with van der Waals surface area (Å²) < 4.78 is 28.6. The van der Waals surface area contributed by atoms with Crippen LogP contribution in [0.25, 0.3) is 5.76 Å². The minimum absolute atomic E-state index is 0.00947. The summed E-state index contributed by atoms with van der Waals surface area (Å²) in [6.45, 7) is 8.28. The van der Waals surface area contributed by atoms with Crippen LogP contribution >= 0.6 is 11.3 Å². The fourth-order valence-electron chi connectivity index (χ4n) is 5.38. The number of ketones is 1. The van der Waals surface area contributed by atoms with Gasteiger partial charge in [-0.25, -0.2) is 9.78 Å². The smallest absolute Gasteiger partial charge is 0.350 e. The highest BCUT2D eigenvalue weighted by Crippen LogP contribution is 2.46. The second-order valence-corrected chi connectivity index (χ2v) is 11.7. The maximum Gasteiger partial charge on any atom is 0.350 e. The van der Waals surface area contributed by atoms with Gasteiger partial charge in [-0.3, -0.25) is 14.5 Å². The third-order valence-electron chi connectivity index (χ3n) is 7.59. The molecular weight excluding hydrogens is 636 g/mol. The Morgan fingerprint density at radius 1 is 1.04 bits per heavy atom. The molecule has 2 aliphatic heterocycles. The van der Waals surface area contributed by atoms with Gasteiger partial charge in [-0.05, 0) is 55.3 Å². The summed E-state index contributed by atoms with van der Waals surface area (Å²) in [5, 5.41) is 11.8. The van der Waals surface area contributed by atoms with Crippen LogP contribution in [0.4, 0.5) is 5.13 Å².